The Bertz CT molecular complexity index is 1280. The van der Waals surface area contributed by atoms with Crippen molar-refractivity contribution in [2.45, 2.75) is 18.9 Å². The minimum Gasteiger partial charge on any atom is -0.457 e. The van der Waals surface area contributed by atoms with Gasteiger partial charge in [-0.05, 0) is 69.4 Å². The third-order valence-electron chi connectivity index (χ3n) is 6.69. The first-order chi connectivity index (χ1) is 18.9. The molecule has 2 N–H and O–H groups in total. The van der Waals surface area contributed by atoms with Gasteiger partial charge in [0.1, 0.15) is 23.0 Å². The first-order valence-corrected chi connectivity index (χ1v) is 13.0. The largest absolute Gasteiger partial charge is 0.457 e. The SMILES string of the molecule is CN(C)C/C=C/C(=O)N1CCCC(N(C=O)c2ccnc(N)c2N(C)c2ccc(Oc3ccccc3)cc2)C1. The highest BCUT2D eigenvalue weighted by Gasteiger charge is 2.30. The van der Waals surface area contributed by atoms with Crippen LogP contribution in [0, 0.1) is 0 Å². The summed E-state index contributed by atoms with van der Waals surface area (Å²) in [6, 6.07) is 18.8. The molecule has 0 saturated carbocycles. The van der Waals surface area contributed by atoms with Crippen LogP contribution in [0.2, 0.25) is 0 Å². The van der Waals surface area contributed by atoms with Gasteiger partial charge in [-0.1, -0.05) is 24.3 Å². The molecule has 1 fully saturated rings. The fraction of sp³-hybridized carbons (Fsp3) is 0.300. The van der Waals surface area contributed by atoms with E-state index in [1.165, 1.54) is 0 Å². The van der Waals surface area contributed by atoms with E-state index in [0.717, 1.165) is 30.7 Å². The zero-order valence-electron chi connectivity index (χ0n) is 22.7. The predicted octanol–water partition coefficient (Wildman–Crippen LogP) is 4.30. The molecule has 1 unspecified atom stereocenters. The highest BCUT2D eigenvalue weighted by Crippen LogP contribution is 2.39. The van der Waals surface area contributed by atoms with Crippen LogP contribution in [0.5, 0.6) is 11.5 Å². The maximum Gasteiger partial charge on any atom is 0.246 e. The number of amides is 2. The minimum atomic E-state index is -0.182. The van der Waals surface area contributed by atoms with Gasteiger partial charge in [-0.25, -0.2) is 4.98 Å². The van der Waals surface area contributed by atoms with Gasteiger partial charge in [0.05, 0.1) is 11.7 Å². The Labute approximate surface area is 230 Å². The number of carbonyl (C=O) groups is 2. The molecule has 2 aromatic carbocycles. The Morgan fingerprint density at radius 2 is 1.79 bits per heavy atom. The Hall–Kier alpha value is -4.37. The molecule has 1 saturated heterocycles. The first-order valence-electron chi connectivity index (χ1n) is 13.0. The molecule has 0 aliphatic carbocycles. The number of para-hydroxylation sites is 1. The maximum absolute atomic E-state index is 12.8. The zero-order chi connectivity index (χ0) is 27.8. The van der Waals surface area contributed by atoms with Gasteiger partial charge in [0.2, 0.25) is 12.3 Å². The van der Waals surface area contributed by atoms with E-state index in [0.29, 0.717) is 42.6 Å². The molecular formula is C30H36N6O3. The highest BCUT2D eigenvalue weighted by molar-refractivity contribution is 5.92. The molecule has 0 bridgehead atoms. The van der Waals surface area contributed by atoms with Crippen LogP contribution >= 0.6 is 0 Å². The molecule has 0 radical (unpaired) electrons. The summed E-state index contributed by atoms with van der Waals surface area (Å²) in [6.07, 6.45) is 7.48. The summed E-state index contributed by atoms with van der Waals surface area (Å²) in [5, 5.41) is 0. The van der Waals surface area contributed by atoms with E-state index in [-0.39, 0.29) is 11.9 Å². The van der Waals surface area contributed by atoms with Crippen molar-refractivity contribution in [2.24, 2.45) is 0 Å². The second kappa shape index (κ2) is 12.9. The number of piperidine rings is 1. The van der Waals surface area contributed by atoms with E-state index in [2.05, 4.69) is 4.98 Å². The summed E-state index contributed by atoms with van der Waals surface area (Å²) in [5.74, 6) is 1.73. The number of pyridine rings is 1. The van der Waals surface area contributed by atoms with Crippen LogP contribution in [-0.2, 0) is 9.59 Å². The molecule has 39 heavy (non-hydrogen) atoms. The molecule has 2 heterocycles. The number of aromatic nitrogens is 1. The van der Waals surface area contributed by atoms with E-state index in [1.54, 1.807) is 28.1 Å². The number of likely N-dealkylation sites (N-methyl/N-ethyl adjacent to an activating group) is 1. The summed E-state index contributed by atoms with van der Waals surface area (Å²) >= 11 is 0. The van der Waals surface area contributed by atoms with Crippen LogP contribution in [0.1, 0.15) is 12.8 Å². The number of anilines is 4. The molecular weight excluding hydrogens is 492 g/mol. The average Bonchev–Trinajstić information content (AvgIpc) is 2.94. The lowest BCUT2D eigenvalue weighted by Crippen LogP contribution is -2.49. The number of likely N-dealkylation sites (tertiary alicyclic amines) is 1. The van der Waals surface area contributed by atoms with Crippen molar-refractivity contribution in [3.8, 4) is 11.5 Å². The normalized spacial score (nSPS) is 15.4. The quantitative estimate of drug-likeness (QED) is 0.310. The molecule has 204 valence electrons. The Balaban J connectivity index is 1.54. The lowest BCUT2D eigenvalue weighted by Gasteiger charge is -2.38. The minimum absolute atomic E-state index is 0.0446. The first kappa shape index (κ1) is 27.7. The van der Waals surface area contributed by atoms with Crippen LogP contribution < -0.4 is 20.3 Å². The maximum atomic E-state index is 12.8. The molecule has 0 spiro atoms. The number of benzene rings is 2. The third kappa shape index (κ3) is 6.94. The van der Waals surface area contributed by atoms with Crippen molar-refractivity contribution < 1.29 is 14.3 Å². The molecule has 9 heteroatoms. The third-order valence-corrected chi connectivity index (χ3v) is 6.69. The summed E-state index contributed by atoms with van der Waals surface area (Å²) in [5.41, 5.74) is 8.49. The predicted molar refractivity (Wildman–Crippen MR) is 156 cm³/mol. The number of carbonyl (C=O) groups excluding carboxylic acids is 2. The van der Waals surface area contributed by atoms with E-state index >= 15 is 0 Å². The number of nitrogen functional groups attached to an aromatic ring is 1. The fourth-order valence-corrected chi connectivity index (χ4v) is 4.69. The van der Waals surface area contributed by atoms with Gasteiger partial charge >= 0.3 is 0 Å². The monoisotopic (exact) mass is 528 g/mol. The van der Waals surface area contributed by atoms with Crippen LogP contribution in [0.25, 0.3) is 0 Å². The second-order valence-electron chi connectivity index (χ2n) is 9.79. The Morgan fingerprint density at radius 3 is 2.49 bits per heavy atom. The number of hydrogen-bond acceptors (Lipinski definition) is 7. The average molecular weight is 529 g/mol. The van der Waals surface area contributed by atoms with E-state index in [4.69, 9.17) is 10.5 Å². The van der Waals surface area contributed by atoms with E-state index in [1.807, 2.05) is 91.6 Å². The number of hydrogen-bond donors (Lipinski definition) is 1. The van der Waals surface area contributed by atoms with Gasteiger partial charge in [0, 0.05) is 44.6 Å². The standard InChI is InChI=1S/C30H36N6O3/c1-33(2)19-8-12-28(38)35-20-7-9-24(21-35)36(22-37)27-17-18-32-30(31)29(27)34(3)23-13-15-26(16-14-23)39-25-10-5-4-6-11-25/h4-6,8,10-18,22,24H,7,9,19-21H2,1-3H3,(H2,31,32)/b12-8+. The molecule has 9 nitrogen and oxygen atoms in total. The molecule has 2 amide bonds. The second-order valence-corrected chi connectivity index (χ2v) is 9.79. The van der Waals surface area contributed by atoms with E-state index in [9.17, 15) is 9.59 Å². The van der Waals surface area contributed by atoms with Crippen molar-refractivity contribution in [2.75, 3.05) is 56.3 Å². The van der Waals surface area contributed by atoms with E-state index < -0.39 is 0 Å². The van der Waals surface area contributed by atoms with Crippen LogP contribution in [0.15, 0.2) is 79.0 Å². The lowest BCUT2D eigenvalue weighted by atomic mass is 10.0. The smallest absolute Gasteiger partial charge is 0.246 e. The van der Waals surface area contributed by atoms with Gasteiger partial charge in [-0.15, -0.1) is 0 Å². The Kier molecular flexibility index (Phi) is 9.17. The van der Waals surface area contributed by atoms with Crippen molar-refractivity contribution in [3.63, 3.8) is 0 Å². The number of rotatable bonds is 10. The van der Waals surface area contributed by atoms with Gasteiger partial charge in [-0.2, -0.15) is 0 Å². The summed E-state index contributed by atoms with van der Waals surface area (Å²) in [4.78, 5) is 37.0. The summed E-state index contributed by atoms with van der Waals surface area (Å²) in [6.45, 7) is 1.80. The summed E-state index contributed by atoms with van der Waals surface area (Å²) < 4.78 is 5.92. The van der Waals surface area contributed by atoms with Crippen LogP contribution in [0.3, 0.4) is 0 Å². The van der Waals surface area contributed by atoms with Crippen molar-refractivity contribution >= 4 is 35.2 Å². The van der Waals surface area contributed by atoms with Crippen LogP contribution in [-0.4, -0.2) is 73.9 Å². The molecule has 1 atom stereocenters. The molecule has 1 aromatic heterocycles. The lowest BCUT2D eigenvalue weighted by molar-refractivity contribution is -0.127. The van der Waals surface area contributed by atoms with Gasteiger partial charge in [0.15, 0.2) is 0 Å². The van der Waals surface area contributed by atoms with Crippen LogP contribution in [0.4, 0.5) is 22.9 Å². The number of nitrogens with two attached hydrogens (primary N) is 1. The topological polar surface area (TPSA) is 95.2 Å². The Morgan fingerprint density at radius 1 is 1.08 bits per heavy atom. The van der Waals surface area contributed by atoms with Crippen molar-refractivity contribution in [1.82, 2.24) is 14.8 Å². The number of nitrogens with zero attached hydrogens (tertiary/aromatic N) is 5. The van der Waals surface area contributed by atoms with Crippen molar-refractivity contribution in [1.29, 1.82) is 0 Å². The van der Waals surface area contributed by atoms with Gasteiger partial charge < -0.3 is 30.1 Å². The zero-order valence-corrected chi connectivity index (χ0v) is 22.7. The van der Waals surface area contributed by atoms with Crippen molar-refractivity contribution in [3.05, 3.63) is 79.0 Å². The fourth-order valence-electron chi connectivity index (χ4n) is 4.69. The molecule has 1 aliphatic rings. The molecule has 1 aliphatic heterocycles. The highest BCUT2D eigenvalue weighted by atomic mass is 16.5. The van der Waals surface area contributed by atoms with Gasteiger partial charge in [0.25, 0.3) is 0 Å². The molecule has 4 rings (SSSR count). The van der Waals surface area contributed by atoms with Gasteiger partial charge in [-0.3, -0.25) is 9.59 Å². The molecule has 3 aromatic rings. The number of ether oxygens (including phenoxy) is 1. The summed E-state index contributed by atoms with van der Waals surface area (Å²) in [7, 11) is 5.80.